The number of hydrogen-bond donors (Lipinski definition) is 1. The fraction of sp³-hybridized carbons (Fsp3) is 0.222. The van der Waals surface area contributed by atoms with Crippen LogP contribution in [0.4, 0.5) is 0 Å². The topological polar surface area (TPSA) is 56.7 Å². The lowest BCUT2D eigenvalue weighted by Gasteiger charge is -2.08. The summed E-state index contributed by atoms with van der Waals surface area (Å²) in [7, 11) is 0. The summed E-state index contributed by atoms with van der Waals surface area (Å²) in [4.78, 5) is 8.86. The number of benzene rings is 1. The molecule has 0 radical (unpaired) electrons. The van der Waals surface area contributed by atoms with Crippen LogP contribution in [0.25, 0.3) is 22.6 Å². The van der Waals surface area contributed by atoms with Crippen molar-refractivity contribution in [1.82, 2.24) is 14.5 Å². The van der Waals surface area contributed by atoms with E-state index in [1.807, 2.05) is 36.8 Å². The summed E-state index contributed by atoms with van der Waals surface area (Å²) in [6, 6.07) is 14.3. The van der Waals surface area contributed by atoms with Gasteiger partial charge >= 0.3 is 0 Å². The van der Waals surface area contributed by atoms with Gasteiger partial charge in [-0.2, -0.15) is 0 Å². The molecule has 0 unspecified atom stereocenters. The molecule has 0 fully saturated rings. The number of aryl methyl sites for hydroxylation is 1. The van der Waals surface area contributed by atoms with E-state index in [1.54, 1.807) is 0 Å². The minimum atomic E-state index is 0.739. The van der Waals surface area contributed by atoms with E-state index < -0.39 is 0 Å². The summed E-state index contributed by atoms with van der Waals surface area (Å²) in [5.74, 6) is 1.00. The Morgan fingerprint density at radius 2 is 1.68 bits per heavy atom. The van der Waals surface area contributed by atoms with Crippen molar-refractivity contribution in [2.45, 2.75) is 19.4 Å². The molecule has 0 aliphatic carbocycles. The zero-order chi connectivity index (χ0) is 15.2. The number of hydrogen-bond acceptors (Lipinski definition) is 3. The van der Waals surface area contributed by atoms with E-state index in [0.29, 0.717) is 0 Å². The molecule has 0 amide bonds. The molecule has 0 spiro atoms. The highest BCUT2D eigenvalue weighted by Gasteiger charge is 2.06. The number of imidazole rings is 1. The van der Waals surface area contributed by atoms with E-state index in [2.05, 4.69) is 38.8 Å². The molecule has 4 heteroatoms. The lowest BCUT2D eigenvalue weighted by molar-refractivity contribution is 0.619. The van der Waals surface area contributed by atoms with Crippen LogP contribution in [-0.4, -0.2) is 21.1 Å². The van der Waals surface area contributed by atoms with Crippen LogP contribution < -0.4 is 5.73 Å². The van der Waals surface area contributed by atoms with Crippen LogP contribution >= 0.6 is 0 Å². The number of aromatic nitrogens is 3. The van der Waals surface area contributed by atoms with E-state index >= 15 is 0 Å². The number of nitrogens with zero attached hydrogens (tertiary/aromatic N) is 3. The summed E-state index contributed by atoms with van der Waals surface area (Å²) in [6.45, 7) is 1.69. The van der Waals surface area contributed by atoms with Gasteiger partial charge in [0.25, 0.3) is 0 Å². The predicted octanol–water partition coefficient (Wildman–Crippen LogP) is 3.35. The zero-order valence-electron chi connectivity index (χ0n) is 12.5. The molecule has 22 heavy (non-hydrogen) atoms. The minimum absolute atomic E-state index is 0.739. The summed E-state index contributed by atoms with van der Waals surface area (Å²) in [5, 5.41) is 0. The van der Waals surface area contributed by atoms with Crippen molar-refractivity contribution in [3.8, 4) is 22.6 Å². The molecule has 2 aromatic heterocycles. The van der Waals surface area contributed by atoms with E-state index in [9.17, 15) is 0 Å². The summed E-state index contributed by atoms with van der Waals surface area (Å²) in [5.41, 5.74) is 8.78. The van der Waals surface area contributed by atoms with Gasteiger partial charge in [-0.15, -0.1) is 0 Å². The van der Waals surface area contributed by atoms with E-state index in [0.717, 1.165) is 48.6 Å². The van der Waals surface area contributed by atoms with Gasteiger partial charge in [0.1, 0.15) is 5.82 Å². The molecule has 2 N–H and O–H groups in total. The monoisotopic (exact) mass is 292 g/mol. The Hall–Kier alpha value is -2.46. The van der Waals surface area contributed by atoms with Crippen LogP contribution in [0.1, 0.15) is 12.8 Å². The fourth-order valence-electron chi connectivity index (χ4n) is 2.50. The molecule has 0 bridgehead atoms. The van der Waals surface area contributed by atoms with E-state index in [4.69, 9.17) is 5.73 Å². The SMILES string of the molecule is NCCCCn1ccnc1-c1ccc(-c2ccccn2)cc1. The van der Waals surface area contributed by atoms with Crippen molar-refractivity contribution < 1.29 is 0 Å². The van der Waals surface area contributed by atoms with Crippen LogP contribution in [0, 0.1) is 0 Å². The molecule has 3 aromatic rings. The maximum absolute atomic E-state index is 5.56. The minimum Gasteiger partial charge on any atom is -0.331 e. The van der Waals surface area contributed by atoms with Crippen LogP contribution in [0.5, 0.6) is 0 Å². The zero-order valence-corrected chi connectivity index (χ0v) is 12.5. The van der Waals surface area contributed by atoms with Crippen LogP contribution in [0.3, 0.4) is 0 Å². The molecule has 0 aliphatic rings. The smallest absolute Gasteiger partial charge is 0.139 e. The van der Waals surface area contributed by atoms with Crippen molar-refractivity contribution in [3.63, 3.8) is 0 Å². The first-order chi connectivity index (χ1) is 10.9. The second-order valence-electron chi connectivity index (χ2n) is 5.23. The van der Waals surface area contributed by atoms with Gasteiger partial charge in [0.15, 0.2) is 0 Å². The van der Waals surface area contributed by atoms with Crippen LogP contribution in [0.15, 0.2) is 61.1 Å². The fourth-order valence-corrected chi connectivity index (χ4v) is 2.50. The van der Waals surface area contributed by atoms with Crippen molar-refractivity contribution in [2.75, 3.05) is 6.54 Å². The Morgan fingerprint density at radius 3 is 2.41 bits per heavy atom. The quantitative estimate of drug-likeness (QED) is 0.709. The lowest BCUT2D eigenvalue weighted by Crippen LogP contribution is -2.04. The van der Waals surface area contributed by atoms with Gasteiger partial charge in [-0.1, -0.05) is 30.3 Å². The van der Waals surface area contributed by atoms with Gasteiger partial charge in [0.05, 0.1) is 5.69 Å². The highest BCUT2D eigenvalue weighted by atomic mass is 15.1. The molecule has 112 valence electrons. The average molecular weight is 292 g/mol. The Bertz CT molecular complexity index is 701. The summed E-state index contributed by atoms with van der Waals surface area (Å²) in [6.07, 6.45) is 7.80. The van der Waals surface area contributed by atoms with Crippen LogP contribution in [0.2, 0.25) is 0 Å². The number of pyridine rings is 1. The predicted molar refractivity (Wildman–Crippen MR) is 89.2 cm³/mol. The number of rotatable bonds is 6. The Morgan fingerprint density at radius 1 is 0.864 bits per heavy atom. The first kappa shape index (κ1) is 14.5. The Balaban J connectivity index is 1.80. The molecule has 1 aromatic carbocycles. The first-order valence-electron chi connectivity index (χ1n) is 7.61. The molecule has 0 saturated carbocycles. The third kappa shape index (κ3) is 3.23. The first-order valence-corrected chi connectivity index (χ1v) is 7.61. The van der Waals surface area contributed by atoms with Gasteiger partial charge in [0, 0.05) is 36.3 Å². The largest absolute Gasteiger partial charge is 0.331 e. The molecule has 0 aliphatic heterocycles. The van der Waals surface area contributed by atoms with Gasteiger partial charge in [-0.3, -0.25) is 4.98 Å². The summed E-state index contributed by atoms with van der Waals surface area (Å²) < 4.78 is 2.19. The molecule has 0 atom stereocenters. The Labute approximate surface area is 130 Å². The second-order valence-corrected chi connectivity index (χ2v) is 5.23. The van der Waals surface area contributed by atoms with Crippen molar-refractivity contribution in [1.29, 1.82) is 0 Å². The normalized spacial score (nSPS) is 10.8. The highest BCUT2D eigenvalue weighted by Crippen LogP contribution is 2.23. The third-order valence-corrected chi connectivity index (χ3v) is 3.67. The van der Waals surface area contributed by atoms with Gasteiger partial charge in [-0.05, 0) is 31.5 Å². The maximum Gasteiger partial charge on any atom is 0.139 e. The van der Waals surface area contributed by atoms with Gasteiger partial charge < -0.3 is 10.3 Å². The third-order valence-electron chi connectivity index (χ3n) is 3.67. The molecule has 3 rings (SSSR count). The average Bonchev–Trinajstić information content (AvgIpc) is 3.05. The lowest BCUT2D eigenvalue weighted by atomic mass is 10.1. The van der Waals surface area contributed by atoms with Crippen molar-refractivity contribution in [3.05, 3.63) is 61.1 Å². The van der Waals surface area contributed by atoms with E-state index in [1.165, 1.54) is 0 Å². The standard InChI is InChI=1S/C18H20N4/c19-10-2-4-13-22-14-12-21-18(22)16-8-6-15(7-9-16)17-5-1-3-11-20-17/h1,3,5-9,11-12,14H,2,4,10,13,19H2. The Kier molecular flexibility index (Phi) is 4.61. The molecule has 2 heterocycles. The highest BCUT2D eigenvalue weighted by molar-refractivity contribution is 5.65. The second kappa shape index (κ2) is 7.00. The maximum atomic E-state index is 5.56. The summed E-state index contributed by atoms with van der Waals surface area (Å²) >= 11 is 0. The van der Waals surface area contributed by atoms with Crippen molar-refractivity contribution >= 4 is 0 Å². The number of nitrogens with two attached hydrogens (primary N) is 1. The molecular formula is C18H20N4. The van der Waals surface area contributed by atoms with Crippen molar-refractivity contribution in [2.24, 2.45) is 5.73 Å². The van der Waals surface area contributed by atoms with Crippen LogP contribution in [-0.2, 0) is 6.54 Å². The molecule has 0 saturated heterocycles. The molecule has 4 nitrogen and oxygen atoms in total. The van der Waals surface area contributed by atoms with Gasteiger partial charge in [-0.25, -0.2) is 4.98 Å². The molecular weight excluding hydrogens is 272 g/mol. The number of unbranched alkanes of at least 4 members (excludes halogenated alkanes) is 1. The van der Waals surface area contributed by atoms with E-state index in [-0.39, 0.29) is 0 Å². The van der Waals surface area contributed by atoms with Gasteiger partial charge in [0.2, 0.25) is 0 Å².